The molecule has 2 aromatic heterocycles. The van der Waals surface area contributed by atoms with Gasteiger partial charge in [-0.05, 0) is 58.7 Å². The van der Waals surface area contributed by atoms with Crippen molar-refractivity contribution in [2.75, 3.05) is 5.32 Å². The molecule has 0 saturated heterocycles. The van der Waals surface area contributed by atoms with Crippen molar-refractivity contribution in [3.8, 4) is 39.7 Å². The summed E-state index contributed by atoms with van der Waals surface area (Å²) in [5.74, 6) is -0.211. The summed E-state index contributed by atoms with van der Waals surface area (Å²) >= 11 is 0. The van der Waals surface area contributed by atoms with Gasteiger partial charge in [0, 0.05) is 5.56 Å². The predicted octanol–water partition coefficient (Wildman–Crippen LogP) is 6.81. The van der Waals surface area contributed by atoms with Crippen LogP contribution in [-0.4, -0.2) is 22.5 Å². The number of aromatic nitrogens is 2. The van der Waals surface area contributed by atoms with E-state index < -0.39 is 12.3 Å². The van der Waals surface area contributed by atoms with E-state index in [9.17, 15) is 18.0 Å². The van der Waals surface area contributed by atoms with E-state index >= 15 is 0 Å². The average molecular weight is 491 g/mol. The molecule has 7 nitrogen and oxygen atoms in total. The highest BCUT2D eigenvalue weighted by Crippen LogP contribution is 2.30. The zero-order valence-electron chi connectivity index (χ0n) is 18.3. The van der Waals surface area contributed by atoms with Crippen molar-refractivity contribution in [3.05, 3.63) is 96.8 Å². The molecular formula is C26H16F3N3O4. The third-order valence-electron chi connectivity index (χ3n) is 5.12. The minimum absolute atomic E-state index is 0.0714. The van der Waals surface area contributed by atoms with Gasteiger partial charge in [0.15, 0.2) is 5.76 Å². The molecular weight excluding hydrogens is 475 g/mol. The first kappa shape index (κ1) is 22.9. The normalized spacial score (nSPS) is 11.3. The molecule has 5 rings (SSSR count). The number of hydrogen-bond donors (Lipinski definition) is 1. The molecule has 0 unspecified atom stereocenters. The summed E-state index contributed by atoms with van der Waals surface area (Å²) < 4.78 is 52.2. The molecule has 0 fully saturated rings. The highest BCUT2D eigenvalue weighted by atomic mass is 19.4. The molecule has 0 saturated carbocycles. The summed E-state index contributed by atoms with van der Waals surface area (Å²) in [6.45, 7) is 0. The Morgan fingerprint density at radius 3 is 2.17 bits per heavy atom. The molecule has 2 heterocycles. The molecule has 36 heavy (non-hydrogen) atoms. The van der Waals surface area contributed by atoms with E-state index in [1.807, 2.05) is 18.2 Å². The maximum Gasteiger partial charge on any atom is 0.573 e. The average Bonchev–Trinajstić information content (AvgIpc) is 3.56. The Balaban J connectivity index is 1.31. The first-order valence-electron chi connectivity index (χ1n) is 10.6. The third-order valence-corrected chi connectivity index (χ3v) is 5.12. The fraction of sp³-hybridized carbons (Fsp3) is 0.0385. The van der Waals surface area contributed by atoms with Crippen LogP contribution >= 0.6 is 0 Å². The van der Waals surface area contributed by atoms with Crippen molar-refractivity contribution in [1.82, 2.24) is 10.2 Å². The first-order valence-corrected chi connectivity index (χ1v) is 10.6. The topological polar surface area (TPSA) is 90.4 Å². The monoisotopic (exact) mass is 491 g/mol. The number of carbonyl (C=O) groups excluding carboxylic acids is 1. The number of benzene rings is 3. The van der Waals surface area contributed by atoms with Crippen LogP contribution in [0.25, 0.3) is 33.9 Å². The van der Waals surface area contributed by atoms with E-state index in [2.05, 4.69) is 20.3 Å². The molecule has 0 atom stereocenters. The molecule has 3 aromatic carbocycles. The van der Waals surface area contributed by atoms with Gasteiger partial charge in [0.05, 0.1) is 6.26 Å². The van der Waals surface area contributed by atoms with Crippen molar-refractivity contribution in [2.24, 2.45) is 0 Å². The van der Waals surface area contributed by atoms with E-state index in [0.717, 1.165) is 11.1 Å². The van der Waals surface area contributed by atoms with E-state index in [-0.39, 0.29) is 17.7 Å². The van der Waals surface area contributed by atoms with Gasteiger partial charge in [-0.2, -0.15) is 0 Å². The Morgan fingerprint density at radius 1 is 0.806 bits per heavy atom. The van der Waals surface area contributed by atoms with Crippen molar-refractivity contribution >= 4 is 11.9 Å². The number of ether oxygens (including phenoxy) is 1. The summed E-state index contributed by atoms with van der Waals surface area (Å²) in [5, 5.41) is 10.2. The molecule has 0 bridgehead atoms. The highest BCUT2D eigenvalue weighted by molar-refractivity contribution is 6.03. The molecule has 1 N–H and O–H groups in total. The number of hydrogen-bond acceptors (Lipinski definition) is 6. The van der Waals surface area contributed by atoms with Crippen LogP contribution in [0.3, 0.4) is 0 Å². The van der Waals surface area contributed by atoms with Crippen LogP contribution in [0.5, 0.6) is 5.75 Å². The summed E-state index contributed by atoms with van der Waals surface area (Å²) in [6.07, 6.45) is -3.29. The number of nitrogens with one attached hydrogen (secondary N) is 1. The Morgan fingerprint density at radius 2 is 1.50 bits per heavy atom. The van der Waals surface area contributed by atoms with Gasteiger partial charge >= 0.3 is 12.4 Å². The van der Waals surface area contributed by atoms with Crippen LogP contribution in [0.1, 0.15) is 10.4 Å². The van der Waals surface area contributed by atoms with Gasteiger partial charge in [0.25, 0.3) is 11.8 Å². The van der Waals surface area contributed by atoms with Crippen molar-refractivity contribution < 1.29 is 31.5 Å². The molecule has 180 valence electrons. The smallest absolute Gasteiger partial charge is 0.459 e. The van der Waals surface area contributed by atoms with Crippen molar-refractivity contribution in [3.63, 3.8) is 0 Å². The fourth-order valence-electron chi connectivity index (χ4n) is 3.51. The number of furan rings is 1. The highest BCUT2D eigenvalue weighted by Gasteiger charge is 2.31. The maximum absolute atomic E-state index is 12.7. The zero-order valence-corrected chi connectivity index (χ0v) is 18.3. The van der Waals surface area contributed by atoms with Crippen LogP contribution in [0.2, 0.25) is 0 Å². The van der Waals surface area contributed by atoms with Gasteiger partial charge in [-0.1, -0.05) is 53.6 Å². The Kier molecular flexibility index (Phi) is 5.99. The standard InChI is InChI=1S/C26H16F3N3O4/c27-26(28,29)36-21-7-2-5-19(15-21)17-11-9-16(10-12-17)18-4-1-6-20(14-18)23(33)30-25-32-31-24(35-25)22-8-3-13-34-22/h1-15H,(H,30,32,33). The number of nitrogens with zero attached hydrogens (tertiary/aromatic N) is 2. The second kappa shape index (κ2) is 9.41. The zero-order chi connectivity index (χ0) is 25.1. The van der Waals surface area contributed by atoms with Gasteiger partial charge in [-0.25, -0.2) is 0 Å². The van der Waals surface area contributed by atoms with Crippen LogP contribution in [-0.2, 0) is 0 Å². The number of halogens is 3. The van der Waals surface area contributed by atoms with Crippen LogP contribution in [0.15, 0.2) is 100 Å². The summed E-state index contributed by atoms with van der Waals surface area (Å²) in [6, 6.07) is 23.1. The minimum Gasteiger partial charge on any atom is -0.459 e. The lowest BCUT2D eigenvalue weighted by Crippen LogP contribution is -2.17. The number of rotatable bonds is 6. The van der Waals surface area contributed by atoms with Gasteiger partial charge in [0.1, 0.15) is 5.75 Å². The van der Waals surface area contributed by atoms with Crippen molar-refractivity contribution in [1.29, 1.82) is 0 Å². The van der Waals surface area contributed by atoms with E-state index in [1.54, 1.807) is 48.5 Å². The van der Waals surface area contributed by atoms with Crippen LogP contribution in [0, 0.1) is 0 Å². The molecule has 0 spiro atoms. The molecule has 0 radical (unpaired) electrons. The lowest BCUT2D eigenvalue weighted by Gasteiger charge is -2.11. The Labute approximate surface area is 202 Å². The number of amides is 1. The van der Waals surface area contributed by atoms with Crippen LogP contribution in [0.4, 0.5) is 19.2 Å². The molecule has 0 aliphatic carbocycles. The number of carbonyl (C=O) groups is 1. The summed E-state index contributed by atoms with van der Waals surface area (Å²) in [4.78, 5) is 12.7. The van der Waals surface area contributed by atoms with E-state index in [4.69, 9.17) is 8.83 Å². The number of anilines is 1. The Bertz CT molecular complexity index is 1490. The summed E-state index contributed by atoms with van der Waals surface area (Å²) in [5.41, 5.74) is 3.24. The fourth-order valence-corrected chi connectivity index (χ4v) is 3.51. The third kappa shape index (κ3) is 5.27. The summed E-state index contributed by atoms with van der Waals surface area (Å²) in [7, 11) is 0. The van der Waals surface area contributed by atoms with Gasteiger partial charge in [0.2, 0.25) is 0 Å². The molecule has 0 aliphatic rings. The first-order chi connectivity index (χ1) is 17.3. The van der Waals surface area contributed by atoms with Gasteiger partial charge < -0.3 is 13.6 Å². The Hall–Kier alpha value is -4.86. The second-order valence-corrected chi connectivity index (χ2v) is 7.58. The largest absolute Gasteiger partial charge is 0.573 e. The maximum atomic E-state index is 12.7. The number of alkyl halides is 3. The quantitative estimate of drug-likeness (QED) is 0.281. The van der Waals surface area contributed by atoms with Gasteiger partial charge in [-0.3, -0.25) is 10.1 Å². The van der Waals surface area contributed by atoms with Crippen LogP contribution < -0.4 is 10.1 Å². The molecule has 1 amide bonds. The van der Waals surface area contributed by atoms with Gasteiger partial charge in [-0.15, -0.1) is 18.3 Å². The van der Waals surface area contributed by atoms with Crippen molar-refractivity contribution in [2.45, 2.75) is 6.36 Å². The SMILES string of the molecule is O=C(Nc1nnc(-c2ccco2)o1)c1cccc(-c2ccc(-c3cccc(OC(F)(F)F)c3)cc2)c1. The minimum atomic E-state index is -4.76. The lowest BCUT2D eigenvalue weighted by molar-refractivity contribution is -0.274. The second-order valence-electron chi connectivity index (χ2n) is 7.58. The lowest BCUT2D eigenvalue weighted by atomic mass is 9.99. The molecule has 0 aliphatic heterocycles. The molecule has 5 aromatic rings. The molecule has 10 heteroatoms. The van der Waals surface area contributed by atoms with E-state index in [1.165, 1.54) is 24.5 Å². The van der Waals surface area contributed by atoms with E-state index in [0.29, 0.717) is 22.5 Å². The predicted molar refractivity (Wildman–Crippen MR) is 124 cm³/mol.